The van der Waals surface area contributed by atoms with Crippen molar-refractivity contribution in [3.8, 4) is 17.0 Å². The van der Waals surface area contributed by atoms with Crippen LogP contribution in [0, 0.1) is 0 Å². The molecule has 0 radical (unpaired) electrons. The van der Waals surface area contributed by atoms with Crippen LogP contribution in [0.3, 0.4) is 0 Å². The fourth-order valence-electron chi connectivity index (χ4n) is 1.38. The highest BCUT2D eigenvalue weighted by molar-refractivity contribution is 5.64. The SMILES string of the molecule is NCc1cn[nH]c1-c1cccc(O)c1. The number of aromatic nitrogens is 2. The van der Waals surface area contributed by atoms with E-state index in [2.05, 4.69) is 10.2 Å². The van der Waals surface area contributed by atoms with Crippen molar-refractivity contribution in [2.24, 2.45) is 5.73 Å². The van der Waals surface area contributed by atoms with Gasteiger partial charge in [0.05, 0.1) is 11.9 Å². The number of hydrogen-bond donors (Lipinski definition) is 3. The second-order valence-corrected chi connectivity index (χ2v) is 3.02. The molecule has 2 aromatic rings. The molecule has 0 saturated carbocycles. The molecule has 0 bridgehead atoms. The lowest BCUT2D eigenvalue weighted by molar-refractivity contribution is 0.475. The summed E-state index contributed by atoms with van der Waals surface area (Å²) in [5.74, 6) is 0.236. The molecule has 0 atom stereocenters. The lowest BCUT2D eigenvalue weighted by atomic mass is 10.1. The van der Waals surface area contributed by atoms with Crippen LogP contribution < -0.4 is 5.73 Å². The fourth-order valence-corrected chi connectivity index (χ4v) is 1.38. The van der Waals surface area contributed by atoms with E-state index in [-0.39, 0.29) is 5.75 Å². The van der Waals surface area contributed by atoms with Gasteiger partial charge in [0.2, 0.25) is 0 Å². The smallest absolute Gasteiger partial charge is 0.116 e. The molecule has 0 fully saturated rings. The van der Waals surface area contributed by atoms with E-state index in [4.69, 9.17) is 5.73 Å². The predicted octanol–water partition coefficient (Wildman–Crippen LogP) is 1.24. The molecule has 0 amide bonds. The Kier molecular flexibility index (Phi) is 2.20. The first-order valence-corrected chi connectivity index (χ1v) is 4.33. The fraction of sp³-hybridized carbons (Fsp3) is 0.100. The zero-order valence-corrected chi connectivity index (χ0v) is 7.57. The molecule has 0 unspecified atom stereocenters. The van der Waals surface area contributed by atoms with Crippen molar-refractivity contribution >= 4 is 0 Å². The van der Waals surface area contributed by atoms with Gasteiger partial charge in [0.1, 0.15) is 5.75 Å². The van der Waals surface area contributed by atoms with E-state index in [0.29, 0.717) is 6.54 Å². The number of aromatic amines is 1. The lowest BCUT2D eigenvalue weighted by Crippen LogP contribution is -1.96. The number of phenols is 1. The van der Waals surface area contributed by atoms with Gasteiger partial charge in [-0.05, 0) is 12.1 Å². The van der Waals surface area contributed by atoms with Crippen LogP contribution in [-0.2, 0) is 6.54 Å². The Balaban J connectivity index is 2.49. The van der Waals surface area contributed by atoms with Crippen LogP contribution in [0.4, 0.5) is 0 Å². The van der Waals surface area contributed by atoms with Crippen LogP contribution in [0.15, 0.2) is 30.5 Å². The molecule has 4 nitrogen and oxygen atoms in total. The summed E-state index contributed by atoms with van der Waals surface area (Å²) in [4.78, 5) is 0. The van der Waals surface area contributed by atoms with Crippen LogP contribution in [0.25, 0.3) is 11.3 Å². The second kappa shape index (κ2) is 3.51. The molecule has 1 aromatic heterocycles. The normalized spacial score (nSPS) is 10.4. The minimum absolute atomic E-state index is 0.236. The van der Waals surface area contributed by atoms with Crippen LogP contribution >= 0.6 is 0 Å². The van der Waals surface area contributed by atoms with Crippen molar-refractivity contribution in [1.82, 2.24) is 10.2 Å². The molecular weight excluding hydrogens is 178 g/mol. The number of phenolic OH excluding ortho intramolecular Hbond substituents is 1. The molecular formula is C10H11N3O. The molecule has 4 heteroatoms. The number of aromatic hydroxyl groups is 1. The van der Waals surface area contributed by atoms with E-state index in [1.807, 2.05) is 6.07 Å². The van der Waals surface area contributed by atoms with E-state index < -0.39 is 0 Å². The highest BCUT2D eigenvalue weighted by atomic mass is 16.3. The van der Waals surface area contributed by atoms with Crippen molar-refractivity contribution in [2.75, 3.05) is 0 Å². The Labute approximate surface area is 81.4 Å². The molecule has 0 saturated heterocycles. The minimum atomic E-state index is 0.236. The summed E-state index contributed by atoms with van der Waals surface area (Å²) in [7, 11) is 0. The maximum atomic E-state index is 9.31. The standard InChI is InChI=1S/C10H11N3O/c11-5-8-6-12-13-10(8)7-2-1-3-9(14)4-7/h1-4,6,14H,5,11H2,(H,12,13). The Morgan fingerprint density at radius 1 is 1.43 bits per heavy atom. The Hall–Kier alpha value is -1.81. The largest absolute Gasteiger partial charge is 0.508 e. The molecule has 0 aliphatic carbocycles. The summed E-state index contributed by atoms with van der Waals surface area (Å²) in [6.45, 7) is 0.432. The highest BCUT2D eigenvalue weighted by Crippen LogP contribution is 2.23. The van der Waals surface area contributed by atoms with E-state index in [0.717, 1.165) is 16.8 Å². The predicted molar refractivity (Wildman–Crippen MR) is 53.6 cm³/mol. The molecule has 1 heterocycles. The Morgan fingerprint density at radius 2 is 2.29 bits per heavy atom. The van der Waals surface area contributed by atoms with Crippen LogP contribution in [0.5, 0.6) is 5.75 Å². The number of nitrogens with one attached hydrogen (secondary N) is 1. The monoisotopic (exact) mass is 189 g/mol. The van der Waals surface area contributed by atoms with Gasteiger partial charge < -0.3 is 10.8 Å². The van der Waals surface area contributed by atoms with Gasteiger partial charge in [-0.3, -0.25) is 5.10 Å². The number of nitrogens with two attached hydrogens (primary N) is 1. The quantitative estimate of drug-likeness (QED) is 0.665. The van der Waals surface area contributed by atoms with Gasteiger partial charge in [0.25, 0.3) is 0 Å². The summed E-state index contributed by atoms with van der Waals surface area (Å²) < 4.78 is 0. The van der Waals surface area contributed by atoms with Gasteiger partial charge in [-0.25, -0.2) is 0 Å². The first kappa shape index (κ1) is 8.77. The third-order valence-electron chi connectivity index (χ3n) is 2.07. The average molecular weight is 189 g/mol. The van der Waals surface area contributed by atoms with Crippen molar-refractivity contribution < 1.29 is 5.11 Å². The average Bonchev–Trinajstić information content (AvgIpc) is 2.65. The number of benzene rings is 1. The van der Waals surface area contributed by atoms with Gasteiger partial charge in [0, 0.05) is 17.7 Å². The van der Waals surface area contributed by atoms with Gasteiger partial charge in [-0.15, -0.1) is 0 Å². The highest BCUT2D eigenvalue weighted by Gasteiger charge is 2.05. The van der Waals surface area contributed by atoms with Crippen molar-refractivity contribution in [1.29, 1.82) is 0 Å². The van der Waals surface area contributed by atoms with E-state index in [1.54, 1.807) is 24.4 Å². The summed E-state index contributed by atoms with van der Waals surface area (Å²) in [6.07, 6.45) is 1.69. The Morgan fingerprint density at radius 3 is 3.00 bits per heavy atom. The first-order valence-electron chi connectivity index (χ1n) is 4.33. The zero-order valence-electron chi connectivity index (χ0n) is 7.57. The third-order valence-corrected chi connectivity index (χ3v) is 2.07. The molecule has 0 aliphatic heterocycles. The number of nitrogens with zero attached hydrogens (tertiary/aromatic N) is 1. The van der Waals surface area contributed by atoms with Crippen LogP contribution in [-0.4, -0.2) is 15.3 Å². The molecule has 4 N–H and O–H groups in total. The zero-order chi connectivity index (χ0) is 9.97. The molecule has 0 aliphatic rings. The third kappa shape index (κ3) is 1.47. The lowest BCUT2D eigenvalue weighted by Gasteiger charge is -2.01. The van der Waals surface area contributed by atoms with E-state index in [1.165, 1.54) is 0 Å². The van der Waals surface area contributed by atoms with Crippen LogP contribution in [0.2, 0.25) is 0 Å². The maximum Gasteiger partial charge on any atom is 0.116 e. The van der Waals surface area contributed by atoms with E-state index >= 15 is 0 Å². The summed E-state index contributed by atoms with van der Waals surface area (Å²) in [5.41, 5.74) is 8.24. The molecule has 0 spiro atoms. The second-order valence-electron chi connectivity index (χ2n) is 3.02. The number of H-pyrrole nitrogens is 1. The number of hydrogen-bond acceptors (Lipinski definition) is 3. The van der Waals surface area contributed by atoms with E-state index in [9.17, 15) is 5.11 Å². The van der Waals surface area contributed by atoms with Gasteiger partial charge in [-0.2, -0.15) is 5.10 Å². The molecule has 1 aromatic carbocycles. The maximum absolute atomic E-state index is 9.31. The van der Waals surface area contributed by atoms with Crippen molar-refractivity contribution in [3.63, 3.8) is 0 Å². The van der Waals surface area contributed by atoms with Gasteiger partial charge >= 0.3 is 0 Å². The first-order chi connectivity index (χ1) is 6.81. The molecule has 14 heavy (non-hydrogen) atoms. The van der Waals surface area contributed by atoms with Gasteiger partial charge in [-0.1, -0.05) is 12.1 Å². The summed E-state index contributed by atoms with van der Waals surface area (Å²) >= 11 is 0. The van der Waals surface area contributed by atoms with Crippen molar-refractivity contribution in [3.05, 3.63) is 36.0 Å². The molecule has 72 valence electrons. The van der Waals surface area contributed by atoms with Crippen LogP contribution in [0.1, 0.15) is 5.56 Å². The Bertz CT molecular complexity index is 436. The van der Waals surface area contributed by atoms with Gasteiger partial charge in [0.15, 0.2) is 0 Å². The summed E-state index contributed by atoms with van der Waals surface area (Å²) in [6, 6.07) is 6.98. The topological polar surface area (TPSA) is 74.9 Å². The molecule has 2 rings (SSSR count). The summed E-state index contributed by atoms with van der Waals surface area (Å²) in [5, 5.41) is 16.1. The minimum Gasteiger partial charge on any atom is -0.508 e. The van der Waals surface area contributed by atoms with Crippen molar-refractivity contribution in [2.45, 2.75) is 6.54 Å². The number of rotatable bonds is 2.